The molecule has 0 aromatic heterocycles. The molecular formula is C18H31NO. The topological polar surface area (TPSA) is 32.3 Å². The standard InChI is InChI=1S/C18H31NO/c1-7-12-18(6,20)13-19-14(2)15-8-10-16(11-9-15)17(3,4)5/h8-11,14,19-20H,7,12-13H2,1-6H3. The Bertz CT molecular complexity index is 400. The summed E-state index contributed by atoms with van der Waals surface area (Å²) in [6.07, 6.45) is 1.83. The summed E-state index contributed by atoms with van der Waals surface area (Å²) >= 11 is 0. The highest BCUT2D eigenvalue weighted by Crippen LogP contribution is 2.24. The molecule has 1 aromatic rings. The molecule has 114 valence electrons. The number of nitrogens with one attached hydrogen (secondary N) is 1. The predicted molar refractivity (Wildman–Crippen MR) is 87.1 cm³/mol. The molecule has 1 aromatic carbocycles. The van der Waals surface area contributed by atoms with E-state index in [-0.39, 0.29) is 11.5 Å². The van der Waals surface area contributed by atoms with Crippen molar-refractivity contribution in [2.24, 2.45) is 0 Å². The first-order chi connectivity index (χ1) is 9.15. The summed E-state index contributed by atoms with van der Waals surface area (Å²) in [7, 11) is 0. The zero-order valence-electron chi connectivity index (χ0n) is 14.0. The van der Waals surface area contributed by atoms with Gasteiger partial charge in [0, 0.05) is 12.6 Å². The van der Waals surface area contributed by atoms with Crippen molar-refractivity contribution in [3.63, 3.8) is 0 Å². The van der Waals surface area contributed by atoms with Crippen LogP contribution in [0.15, 0.2) is 24.3 Å². The molecule has 0 saturated carbocycles. The van der Waals surface area contributed by atoms with Crippen molar-refractivity contribution in [2.45, 2.75) is 71.4 Å². The zero-order valence-corrected chi connectivity index (χ0v) is 14.0. The number of hydrogen-bond acceptors (Lipinski definition) is 2. The lowest BCUT2D eigenvalue weighted by Crippen LogP contribution is -2.38. The van der Waals surface area contributed by atoms with E-state index in [2.05, 4.69) is 64.2 Å². The van der Waals surface area contributed by atoms with Gasteiger partial charge in [0.05, 0.1) is 5.60 Å². The Morgan fingerprint density at radius 3 is 2.10 bits per heavy atom. The van der Waals surface area contributed by atoms with Crippen molar-refractivity contribution in [1.29, 1.82) is 0 Å². The molecule has 2 heteroatoms. The van der Waals surface area contributed by atoms with Crippen LogP contribution >= 0.6 is 0 Å². The third-order valence-electron chi connectivity index (χ3n) is 3.85. The average molecular weight is 277 g/mol. The van der Waals surface area contributed by atoms with E-state index in [0.717, 1.165) is 12.8 Å². The Kier molecular flexibility index (Phi) is 5.79. The van der Waals surface area contributed by atoms with Crippen LogP contribution in [0.2, 0.25) is 0 Å². The highest BCUT2D eigenvalue weighted by molar-refractivity contribution is 5.29. The summed E-state index contributed by atoms with van der Waals surface area (Å²) in [5, 5.41) is 13.6. The minimum atomic E-state index is -0.617. The Morgan fingerprint density at radius 1 is 1.10 bits per heavy atom. The number of hydrogen-bond donors (Lipinski definition) is 2. The Morgan fingerprint density at radius 2 is 1.65 bits per heavy atom. The van der Waals surface area contributed by atoms with E-state index in [9.17, 15) is 5.11 Å². The maximum atomic E-state index is 10.2. The Hall–Kier alpha value is -0.860. The molecular weight excluding hydrogens is 246 g/mol. The van der Waals surface area contributed by atoms with Gasteiger partial charge in [0.2, 0.25) is 0 Å². The Labute approximate surface area is 124 Å². The van der Waals surface area contributed by atoms with Gasteiger partial charge in [-0.3, -0.25) is 0 Å². The van der Waals surface area contributed by atoms with Gasteiger partial charge in [-0.05, 0) is 36.8 Å². The number of benzene rings is 1. The van der Waals surface area contributed by atoms with E-state index in [4.69, 9.17) is 0 Å². The normalized spacial score (nSPS) is 16.8. The van der Waals surface area contributed by atoms with Crippen molar-refractivity contribution in [3.05, 3.63) is 35.4 Å². The van der Waals surface area contributed by atoms with E-state index in [0.29, 0.717) is 6.54 Å². The van der Waals surface area contributed by atoms with Gasteiger partial charge in [-0.25, -0.2) is 0 Å². The van der Waals surface area contributed by atoms with Gasteiger partial charge < -0.3 is 10.4 Å². The second kappa shape index (κ2) is 6.73. The molecule has 0 aliphatic rings. The molecule has 0 aliphatic carbocycles. The van der Waals surface area contributed by atoms with Crippen LogP contribution in [0.5, 0.6) is 0 Å². The second-order valence-corrected chi connectivity index (χ2v) is 7.22. The lowest BCUT2D eigenvalue weighted by atomic mass is 9.86. The first-order valence-corrected chi connectivity index (χ1v) is 7.72. The van der Waals surface area contributed by atoms with E-state index >= 15 is 0 Å². The van der Waals surface area contributed by atoms with Crippen LogP contribution in [0.4, 0.5) is 0 Å². The molecule has 2 unspecified atom stereocenters. The quantitative estimate of drug-likeness (QED) is 0.817. The summed E-state index contributed by atoms with van der Waals surface area (Å²) in [5.41, 5.74) is 2.20. The molecule has 0 spiro atoms. The molecule has 0 fully saturated rings. The van der Waals surface area contributed by atoms with Gasteiger partial charge in [-0.2, -0.15) is 0 Å². The van der Waals surface area contributed by atoms with Gasteiger partial charge in [0.15, 0.2) is 0 Å². The van der Waals surface area contributed by atoms with Crippen LogP contribution in [0, 0.1) is 0 Å². The molecule has 1 rings (SSSR count). The van der Waals surface area contributed by atoms with E-state index < -0.39 is 5.60 Å². The van der Waals surface area contributed by atoms with E-state index in [1.807, 2.05) is 6.92 Å². The first kappa shape index (κ1) is 17.2. The van der Waals surface area contributed by atoms with E-state index in [1.165, 1.54) is 11.1 Å². The second-order valence-electron chi connectivity index (χ2n) is 7.22. The van der Waals surface area contributed by atoms with Crippen LogP contribution in [-0.4, -0.2) is 17.3 Å². The highest BCUT2D eigenvalue weighted by Gasteiger charge is 2.20. The molecule has 2 atom stereocenters. The summed E-state index contributed by atoms with van der Waals surface area (Å²) in [6.45, 7) is 13.5. The van der Waals surface area contributed by atoms with Crippen LogP contribution in [-0.2, 0) is 5.41 Å². The predicted octanol–water partition coefficient (Wildman–Crippen LogP) is 4.19. The lowest BCUT2D eigenvalue weighted by Gasteiger charge is -2.26. The lowest BCUT2D eigenvalue weighted by molar-refractivity contribution is 0.0477. The average Bonchev–Trinajstić information content (AvgIpc) is 2.35. The molecule has 0 heterocycles. The molecule has 0 saturated heterocycles. The van der Waals surface area contributed by atoms with Crippen molar-refractivity contribution in [2.75, 3.05) is 6.54 Å². The van der Waals surface area contributed by atoms with Gasteiger partial charge in [-0.15, -0.1) is 0 Å². The SMILES string of the molecule is CCCC(C)(O)CNC(C)c1ccc(C(C)(C)C)cc1. The number of aliphatic hydroxyl groups is 1. The summed E-state index contributed by atoms with van der Waals surface area (Å²) in [4.78, 5) is 0. The van der Waals surface area contributed by atoms with Gasteiger partial charge >= 0.3 is 0 Å². The third-order valence-corrected chi connectivity index (χ3v) is 3.85. The van der Waals surface area contributed by atoms with Crippen LogP contribution < -0.4 is 5.32 Å². The van der Waals surface area contributed by atoms with Crippen molar-refractivity contribution < 1.29 is 5.11 Å². The van der Waals surface area contributed by atoms with Crippen molar-refractivity contribution >= 4 is 0 Å². The minimum Gasteiger partial charge on any atom is -0.389 e. The van der Waals surface area contributed by atoms with Gasteiger partial charge in [0.25, 0.3) is 0 Å². The van der Waals surface area contributed by atoms with E-state index in [1.54, 1.807) is 0 Å². The first-order valence-electron chi connectivity index (χ1n) is 7.72. The fourth-order valence-electron chi connectivity index (χ4n) is 2.39. The third kappa shape index (κ3) is 5.26. The molecule has 20 heavy (non-hydrogen) atoms. The fraction of sp³-hybridized carbons (Fsp3) is 0.667. The number of rotatable bonds is 6. The molecule has 2 N–H and O–H groups in total. The molecule has 0 radical (unpaired) electrons. The van der Waals surface area contributed by atoms with Crippen LogP contribution in [0.25, 0.3) is 0 Å². The maximum Gasteiger partial charge on any atom is 0.0743 e. The van der Waals surface area contributed by atoms with Crippen molar-refractivity contribution in [3.8, 4) is 0 Å². The Balaban J connectivity index is 2.62. The van der Waals surface area contributed by atoms with Crippen LogP contribution in [0.3, 0.4) is 0 Å². The molecule has 2 nitrogen and oxygen atoms in total. The zero-order chi connectivity index (χ0) is 15.4. The van der Waals surface area contributed by atoms with Gasteiger partial charge in [0.1, 0.15) is 0 Å². The minimum absolute atomic E-state index is 0.194. The smallest absolute Gasteiger partial charge is 0.0743 e. The maximum absolute atomic E-state index is 10.2. The van der Waals surface area contributed by atoms with Crippen LogP contribution in [0.1, 0.15) is 71.6 Å². The van der Waals surface area contributed by atoms with Crippen molar-refractivity contribution in [1.82, 2.24) is 5.32 Å². The summed E-state index contributed by atoms with van der Waals surface area (Å²) < 4.78 is 0. The fourth-order valence-corrected chi connectivity index (χ4v) is 2.39. The molecule has 0 bridgehead atoms. The largest absolute Gasteiger partial charge is 0.389 e. The molecule has 0 aliphatic heterocycles. The van der Waals surface area contributed by atoms with Gasteiger partial charge in [-0.1, -0.05) is 58.4 Å². The summed E-state index contributed by atoms with van der Waals surface area (Å²) in [5.74, 6) is 0. The molecule has 0 amide bonds. The highest BCUT2D eigenvalue weighted by atomic mass is 16.3. The monoisotopic (exact) mass is 277 g/mol. The summed E-state index contributed by atoms with van der Waals surface area (Å²) in [6, 6.07) is 9.04.